The highest BCUT2D eigenvalue weighted by Gasteiger charge is 2.26. The van der Waals surface area contributed by atoms with Crippen molar-refractivity contribution in [1.29, 1.82) is 0 Å². The van der Waals surface area contributed by atoms with Crippen LogP contribution in [0.15, 0.2) is 47.5 Å². The van der Waals surface area contributed by atoms with Crippen molar-refractivity contribution in [3.8, 4) is 0 Å². The Morgan fingerprint density at radius 3 is 2.37 bits per heavy atom. The van der Waals surface area contributed by atoms with E-state index in [-0.39, 0.29) is 4.90 Å². The molecule has 0 saturated carbocycles. The molecule has 1 amide bonds. The fourth-order valence-corrected chi connectivity index (χ4v) is 4.38. The van der Waals surface area contributed by atoms with Gasteiger partial charge in [0.15, 0.2) is 6.61 Å². The molecule has 1 fully saturated rings. The number of benzene rings is 1. The molecule has 9 heteroatoms. The van der Waals surface area contributed by atoms with Gasteiger partial charge in [-0.25, -0.2) is 13.2 Å². The predicted octanol–water partition coefficient (Wildman–Crippen LogP) is 1.61. The van der Waals surface area contributed by atoms with Crippen molar-refractivity contribution in [1.82, 2.24) is 8.87 Å². The van der Waals surface area contributed by atoms with Crippen molar-refractivity contribution < 1.29 is 22.7 Å². The second kappa shape index (κ2) is 7.93. The fraction of sp³-hybridized carbons (Fsp3) is 0.333. The average molecular weight is 391 g/mol. The van der Waals surface area contributed by atoms with Crippen molar-refractivity contribution in [2.75, 3.05) is 25.0 Å². The minimum Gasteiger partial charge on any atom is -0.451 e. The second-order valence-corrected chi connectivity index (χ2v) is 8.20. The monoisotopic (exact) mass is 391 g/mol. The first-order valence-electron chi connectivity index (χ1n) is 8.56. The Hall–Kier alpha value is -2.65. The number of nitrogens with zero attached hydrogens (tertiary/aromatic N) is 2. The summed E-state index contributed by atoms with van der Waals surface area (Å²) >= 11 is 0. The highest BCUT2D eigenvalue weighted by molar-refractivity contribution is 7.89. The molecule has 1 N–H and O–H groups in total. The normalized spacial score (nSPS) is 14.9. The summed E-state index contributed by atoms with van der Waals surface area (Å²) in [5.74, 6) is -1.10. The fourth-order valence-electron chi connectivity index (χ4n) is 2.86. The molecule has 1 aromatic heterocycles. The standard InChI is InChI=1S/C18H21N3O5S/c1-20-10-4-5-16(20)18(23)26-13-17(22)19-14-6-8-15(9-7-14)27(24,25)21-11-2-3-12-21/h4-10H,2-3,11-13H2,1H3,(H,19,22). The zero-order valence-electron chi connectivity index (χ0n) is 14.9. The number of rotatable bonds is 6. The molecule has 8 nitrogen and oxygen atoms in total. The number of amides is 1. The number of aromatic nitrogens is 1. The zero-order valence-corrected chi connectivity index (χ0v) is 15.7. The molecule has 27 heavy (non-hydrogen) atoms. The van der Waals surface area contributed by atoms with E-state index < -0.39 is 28.5 Å². The van der Waals surface area contributed by atoms with E-state index in [1.165, 1.54) is 28.6 Å². The minimum atomic E-state index is -3.49. The molecular weight excluding hydrogens is 370 g/mol. The lowest BCUT2D eigenvalue weighted by molar-refractivity contribution is -0.119. The second-order valence-electron chi connectivity index (χ2n) is 6.26. The molecule has 0 atom stereocenters. The van der Waals surface area contributed by atoms with Gasteiger partial charge in [0.1, 0.15) is 5.69 Å². The predicted molar refractivity (Wildman–Crippen MR) is 98.8 cm³/mol. The van der Waals surface area contributed by atoms with Gasteiger partial charge in [-0.1, -0.05) is 0 Å². The first-order chi connectivity index (χ1) is 12.9. The van der Waals surface area contributed by atoms with Crippen LogP contribution in [0, 0.1) is 0 Å². The van der Waals surface area contributed by atoms with Crippen LogP contribution in [0.5, 0.6) is 0 Å². The number of nitrogens with one attached hydrogen (secondary N) is 1. The summed E-state index contributed by atoms with van der Waals surface area (Å²) in [5.41, 5.74) is 0.773. The van der Waals surface area contributed by atoms with Gasteiger partial charge in [-0.05, 0) is 49.2 Å². The molecule has 3 rings (SSSR count). The summed E-state index contributed by atoms with van der Waals surface area (Å²) in [7, 11) is -1.78. The van der Waals surface area contributed by atoms with E-state index in [1.54, 1.807) is 29.9 Å². The van der Waals surface area contributed by atoms with Gasteiger partial charge >= 0.3 is 5.97 Å². The molecule has 0 radical (unpaired) electrons. The largest absolute Gasteiger partial charge is 0.451 e. The number of carbonyl (C=O) groups excluding carboxylic acids is 2. The van der Waals surface area contributed by atoms with E-state index in [1.807, 2.05) is 0 Å². The summed E-state index contributed by atoms with van der Waals surface area (Å²) in [6, 6.07) is 9.24. The molecule has 2 aromatic rings. The topological polar surface area (TPSA) is 97.7 Å². The Labute approximate surface area is 157 Å². The summed E-state index contributed by atoms with van der Waals surface area (Å²) in [6.45, 7) is 0.637. The van der Waals surface area contributed by atoms with Crippen LogP contribution in [-0.4, -0.2) is 48.9 Å². The van der Waals surface area contributed by atoms with Gasteiger partial charge in [-0.3, -0.25) is 4.79 Å². The van der Waals surface area contributed by atoms with Crippen LogP contribution in [0.1, 0.15) is 23.3 Å². The van der Waals surface area contributed by atoms with Crippen LogP contribution in [0.3, 0.4) is 0 Å². The van der Waals surface area contributed by atoms with Crippen molar-refractivity contribution in [2.24, 2.45) is 7.05 Å². The molecule has 0 aliphatic carbocycles. The van der Waals surface area contributed by atoms with Crippen molar-refractivity contribution in [3.63, 3.8) is 0 Å². The van der Waals surface area contributed by atoms with Crippen LogP contribution in [0.25, 0.3) is 0 Å². The van der Waals surface area contributed by atoms with Crippen molar-refractivity contribution in [3.05, 3.63) is 48.3 Å². The Bertz CT molecular complexity index is 928. The maximum absolute atomic E-state index is 12.5. The summed E-state index contributed by atoms with van der Waals surface area (Å²) < 4.78 is 33.0. The molecule has 1 saturated heterocycles. The molecular formula is C18H21N3O5S. The number of ether oxygens (including phenoxy) is 1. The Kier molecular flexibility index (Phi) is 5.62. The van der Waals surface area contributed by atoms with E-state index in [9.17, 15) is 18.0 Å². The molecule has 1 aliphatic heterocycles. The van der Waals surface area contributed by atoms with E-state index >= 15 is 0 Å². The highest BCUT2D eigenvalue weighted by Crippen LogP contribution is 2.22. The maximum Gasteiger partial charge on any atom is 0.355 e. The first-order valence-corrected chi connectivity index (χ1v) is 10.0. The average Bonchev–Trinajstić information content (AvgIpc) is 3.32. The van der Waals surface area contributed by atoms with Crippen LogP contribution in [0.2, 0.25) is 0 Å². The maximum atomic E-state index is 12.5. The third-order valence-electron chi connectivity index (χ3n) is 4.33. The lowest BCUT2D eigenvalue weighted by atomic mass is 10.3. The van der Waals surface area contributed by atoms with Gasteiger partial charge in [0.05, 0.1) is 4.90 Å². The number of hydrogen-bond acceptors (Lipinski definition) is 5. The number of anilines is 1. The van der Waals surface area contributed by atoms with Gasteiger partial charge in [0, 0.05) is 32.0 Å². The molecule has 0 spiro atoms. The number of aryl methyl sites for hydroxylation is 1. The summed E-state index contributed by atoms with van der Waals surface area (Å²) in [5, 5.41) is 2.57. The van der Waals surface area contributed by atoms with E-state index in [0.29, 0.717) is 24.5 Å². The third kappa shape index (κ3) is 4.37. The van der Waals surface area contributed by atoms with Crippen molar-refractivity contribution >= 4 is 27.6 Å². The van der Waals surface area contributed by atoms with Crippen LogP contribution >= 0.6 is 0 Å². The van der Waals surface area contributed by atoms with Gasteiger partial charge in [0.2, 0.25) is 10.0 Å². The number of sulfonamides is 1. The number of esters is 1. The van der Waals surface area contributed by atoms with Crippen LogP contribution in [-0.2, 0) is 26.6 Å². The summed E-state index contributed by atoms with van der Waals surface area (Å²) in [6.07, 6.45) is 3.44. The quantitative estimate of drug-likeness (QED) is 0.755. The number of hydrogen-bond donors (Lipinski definition) is 1. The molecule has 2 heterocycles. The van der Waals surface area contributed by atoms with Gasteiger partial charge in [-0.2, -0.15) is 4.31 Å². The molecule has 0 unspecified atom stereocenters. The van der Waals surface area contributed by atoms with E-state index in [0.717, 1.165) is 12.8 Å². The molecule has 0 bridgehead atoms. The SMILES string of the molecule is Cn1cccc1C(=O)OCC(=O)Nc1ccc(S(=O)(=O)N2CCCC2)cc1. The highest BCUT2D eigenvalue weighted by atomic mass is 32.2. The van der Waals surface area contributed by atoms with Crippen LogP contribution < -0.4 is 5.32 Å². The Morgan fingerprint density at radius 2 is 1.78 bits per heavy atom. The van der Waals surface area contributed by atoms with E-state index in [2.05, 4.69) is 5.32 Å². The van der Waals surface area contributed by atoms with Gasteiger partial charge in [-0.15, -0.1) is 0 Å². The lowest BCUT2D eigenvalue weighted by Crippen LogP contribution is -2.27. The van der Waals surface area contributed by atoms with Crippen molar-refractivity contribution in [2.45, 2.75) is 17.7 Å². The lowest BCUT2D eigenvalue weighted by Gasteiger charge is -2.15. The zero-order chi connectivity index (χ0) is 19.4. The number of carbonyl (C=O) groups is 2. The van der Waals surface area contributed by atoms with Crippen LogP contribution in [0.4, 0.5) is 5.69 Å². The first kappa shape index (κ1) is 19.1. The molecule has 1 aromatic carbocycles. The van der Waals surface area contributed by atoms with E-state index in [4.69, 9.17) is 4.74 Å². The van der Waals surface area contributed by atoms with Gasteiger partial charge < -0.3 is 14.6 Å². The Morgan fingerprint density at radius 1 is 1.11 bits per heavy atom. The molecule has 144 valence electrons. The Balaban J connectivity index is 1.55. The molecule has 1 aliphatic rings. The minimum absolute atomic E-state index is 0.192. The third-order valence-corrected chi connectivity index (χ3v) is 6.24. The smallest absolute Gasteiger partial charge is 0.355 e. The summed E-state index contributed by atoms with van der Waals surface area (Å²) in [4.78, 5) is 24.0. The van der Waals surface area contributed by atoms with Gasteiger partial charge in [0.25, 0.3) is 5.91 Å².